The highest BCUT2D eigenvalue weighted by Crippen LogP contribution is 2.23. The van der Waals surface area contributed by atoms with Crippen LogP contribution >= 0.6 is 22.9 Å². The summed E-state index contributed by atoms with van der Waals surface area (Å²) in [4.78, 5) is 3.47. The van der Waals surface area contributed by atoms with Crippen LogP contribution in [0.2, 0.25) is 4.34 Å². The summed E-state index contributed by atoms with van der Waals surface area (Å²) >= 11 is 7.53. The van der Waals surface area contributed by atoms with Gasteiger partial charge in [-0.25, -0.2) is 8.42 Å². The van der Waals surface area contributed by atoms with E-state index in [1.807, 2.05) is 42.5 Å². The number of benzene rings is 1. The highest BCUT2D eigenvalue weighted by Gasteiger charge is 2.25. The van der Waals surface area contributed by atoms with Gasteiger partial charge in [-0.15, -0.1) is 11.3 Å². The first kappa shape index (κ1) is 17.6. The van der Waals surface area contributed by atoms with Crippen LogP contribution in [0, 0.1) is 0 Å². The van der Waals surface area contributed by atoms with Gasteiger partial charge in [-0.2, -0.15) is 4.31 Å². The zero-order valence-corrected chi connectivity index (χ0v) is 15.5. The van der Waals surface area contributed by atoms with Gasteiger partial charge in [-0.05, 0) is 23.8 Å². The van der Waals surface area contributed by atoms with Crippen molar-refractivity contribution in [1.29, 1.82) is 0 Å². The fourth-order valence-corrected chi connectivity index (χ4v) is 4.92. The largest absolute Gasteiger partial charge is 0.296 e. The fraction of sp³-hybridized carbons (Fsp3) is 0.294. The SMILES string of the molecule is O=S(=O)(/C=C/c1ccccc1)N1CCN(Cc2ccc(Cl)s2)CC1. The Kier molecular flexibility index (Phi) is 5.73. The first-order valence-corrected chi connectivity index (χ1v) is 10.4. The monoisotopic (exact) mass is 382 g/mol. The van der Waals surface area contributed by atoms with E-state index in [0.717, 1.165) is 29.5 Å². The second kappa shape index (κ2) is 7.80. The summed E-state index contributed by atoms with van der Waals surface area (Å²) in [6.07, 6.45) is 1.65. The molecule has 7 heteroatoms. The summed E-state index contributed by atoms with van der Waals surface area (Å²) in [5.41, 5.74) is 0.884. The van der Waals surface area contributed by atoms with Crippen LogP contribution in [0.5, 0.6) is 0 Å². The molecule has 0 radical (unpaired) electrons. The molecule has 128 valence electrons. The predicted molar refractivity (Wildman–Crippen MR) is 101 cm³/mol. The van der Waals surface area contributed by atoms with E-state index in [1.54, 1.807) is 21.7 Å². The molecule has 0 aliphatic carbocycles. The molecule has 4 nitrogen and oxygen atoms in total. The molecule has 0 spiro atoms. The summed E-state index contributed by atoms with van der Waals surface area (Å²) in [5, 5.41) is 1.30. The average Bonchev–Trinajstić information content (AvgIpc) is 2.99. The minimum atomic E-state index is -3.37. The summed E-state index contributed by atoms with van der Waals surface area (Å²) in [6.45, 7) is 3.31. The van der Waals surface area contributed by atoms with Crippen LogP contribution in [0.3, 0.4) is 0 Å². The maximum Gasteiger partial charge on any atom is 0.236 e. The lowest BCUT2D eigenvalue weighted by molar-refractivity contribution is 0.184. The van der Waals surface area contributed by atoms with Crippen LogP contribution < -0.4 is 0 Å². The van der Waals surface area contributed by atoms with Gasteiger partial charge in [0, 0.05) is 43.0 Å². The lowest BCUT2D eigenvalue weighted by Crippen LogP contribution is -2.47. The van der Waals surface area contributed by atoms with E-state index in [-0.39, 0.29) is 0 Å². The molecule has 2 heterocycles. The van der Waals surface area contributed by atoms with Gasteiger partial charge in [0.2, 0.25) is 10.0 Å². The topological polar surface area (TPSA) is 40.6 Å². The molecule has 24 heavy (non-hydrogen) atoms. The number of hydrogen-bond acceptors (Lipinski definition) is 4. The number of rotatable bonds is 5. The molecule has 1 aromatic carbocycles. The molecule has 1 aliphatic rings. The number of nitrogens with zero attached hydrogens (tertiary/aromatic N) is 2. The Balaban J connectivity index is 1.56. The molecule has 0 amide bonds. The minimum absolute atomic E-state index is 0.514. The van der Waals surface area contributed by atoms with E-state index in [1.165, 1.54) is 10.3 Å². The predicted octanol–water partition coefficient (Wildman–Crippen LogP) is 3.52. The van der Waals surface area contributed by atoms with Crippen molar-refractivity contribution in [3.8, 4) is 0 Å². The van der Waals surface area contributed by atoms with Crippen molar-refractivity contribution in [2.24, 2.45) is 0 Å². The third kappa shape index (κ3) is 4.68. The molecule has 1 fully saturated rings. The highest BCUT2D eigenvalue weighted by atomic mass is 35.5. The Morgan fingerprint density at radius 1 is 1.04 bits per heavy atom. The van der Waals surface area contributed by atoms with Crippen molar-refractivity contribution in [2.75, 3.05) is 26.2 Å². The van der Waals surface area contributed by atoms with E-state index < -0.39 is 10.0 Å². The quantitative estimate of drug-likeness (QED) is 0.794. The Morgan fingerprint density at radius 2 is 1.75 bits per heavy atom. The first-order chi connectivity index (χ1) is 11.5. The van der Waals surface area contributed by atoms with Crippen molar-refractivity contribution < 1.29 is 8.42 Å². The maximum absolute atomic E-state index is 12.4. The summed E-state index contributed by atoms with van der Waals surface area (Å²) in [5.74, 6) is 0. The van der Waals surface area contributed by atoms with Crippen molar-refractivity contribution in [3.63, 3.8) is 0 Å². The summed E-state index contributed by atoms with van der Waals surface area (Å²) < 4.78 is 27.2. The Morgan fingerprint density at radius 3 is 2.38 bits per heavy atom. The van der Waals surface area contributed by atoms with Crippen LogP contribution in [0.15, 0.2) is 47.9 Å². The smallest absolute Gasteiger partial charge is 0.236 e. The first-order valence-electron chi connectivity index (χ1n) is 7.73. The van der Waals surface area contributed by atoms with Crippen LogP contribution in [-0.4, -0.2) is 43.8 Å². The molecule has 1 aromatic heterocycles. The lowest BCUT2D eigenvalue weighted by atomic mass is 10.2. The fourth-order valence-electron chi connectivity index (χ4n) is 2.61. The van der Waals surface area contributed by atoms with Crippen LogP contribution in [0.1, 0.15) is 10.4 Å². The third-order valence-corrected chi connectivity index (χ3v) is 6.71. The normalized spacial score (nSPS) is 17.5. The number of sulfonamides is 1. The van der Waals surface area contributed by atoms with E-state index in [9.17, 15) is 8.42 Å². The molecular weight excluding hydrogens is 364 g/mol. The number of hydrogen-bond donors (Lipinski definition) is 0. The third-order valence-electron chi connectivity index (χ3n) is 3.93. The molecule has 0 saturated carbocycles. The van der Waals surface area contributed by atoms with Gasteiger partial charge in [-0.1, -0.05) is 41.9 Å². The number of halogens is 1. The Hall–Kier alpha value is -1.18. The van der Waals surface area contributed by atoms with Crippen molar-refractivity contribution in [2.45, 2.75) is 6.54 Å². The molecule has 0 bridgehead atoms. The Labute approximate surface area is 152 Å². The summed E-state index contributed by atoms with van der Waals surface area (Å²) in [6, 6.07) is 13.4. The van der Waals surface area contributed by atoms with E-state index in [0.29, 0.717) is 13.1 Å². The second-order valence-electron chi connectivity index (χ2n) is 5.64. The zero-order chi connectivity index (χ0) is 17.0. The van der Waals surface area contributed by atoms with Gasteiger partial charge in [0.15, 0.2) is 0 Å². The standard InChI is InChI=1S/C17H19ClN2O2S2/c18-17-7-6-16(23-17)14-19-9-11-20(12-10-19)24(21,22)13-8-15-4-2-1-3-5-15/h1-8,13H,9-12,14H2/b13-8+. The Bertz CT molecular complexity index is 795. The van der Waals surface area contributed by atoms with Crippen molar-refractivity contribution in [3.05, 3.63) is 62.6 Å². The van der Waals surface area contributed by atoms with Gasteiger partial charge < -0.3 is 0 Å². The molecule has 1 aliphatic heterocycles. The molecule has 1 saturated heterocycles. The summed E-state index contributed by atoms with van der Waals surface area (Å²) in [7, 11) is -3.37. The van der Waals surface area contributed by atoms with Crippen LogP contribution in [0.25, 0.3) is 6.08 Å². The molecule has 3 rings (SSSR count). The average molecular weight is 383 g/mol. The molecule has 0 N–H and O–H groups in total. The van der Waals surface area contributed by atoms with E-state index >= 15 is 0 Å². The number of thiophene rings is 1. The molecule has 2 aromatic rings. The van der Waals surface area contributed by atoms with E-state index in [4.69, 9.17) is 11.6 Å². The minimum Gasteiger partial charge on any atom is -0.296 e. The van der Waals surface area contributed by atoms with Crippen molar-refractivity contribution in [1.82, 2.24) is 9.21 Å². The number of piperazine rings is 1. The molecular formula is C17H19ClN2O2S2. The second-order valence-corrected chi connectivity index (χ2v) is 9.26. The van der Waals surface area contributed by atoms with Crippen LogP contribution in [-0.2, 0) is 16.6 Å². The molecule has 0 unspecified atom stereocenters. The van der Waals surface area contributed by atoms with E-state index in [2.05, 4.69) is 4.90 Å². The zero-order valence-electron chi connectivity index (χ0n) is 13.1. The van der Waals surface area contributed by atoms with Gasteiger partial charge in [0.25, 0.3) is 0 Å². The van der Waals surface area contributed by atoms with Gasteiger partial charge in [0.05, 0.1) is 4.34 Å². The maximum atomic E-state index is 12.4. The van der Waals surface area contributed by atoms with Crippen molar-refractivity contribution >= 4 is 39.0 Å². The van der Waals surface area contributed by atoms with Gasteiger partial charge in [-0.3, -0.25) is 4.90 Å². The van der Waals surface area contributed by atoms with Gasteiger partial charge >= 0.3 is 0 Å². The van der Waals surface area contributed by atoms with Gasteiger partial charge in [0.1, 0.15) is 0 Å². The highest BCUT2D eigenvalue weighted by molar-refractivity contribution is 7.92. The molecule has 0 atom stereocenters. The lowest BCUT2D eigenvalue weighted by Gasteiger charge is -2.33. The van der Waals surface area contributed by atoms with Crippen LogP contribution in [0.4, 0.5) is 0 Å².